The van der Waals surface area contributed by atoms with Crippen LogP contribution in [0.25, 0.3) is 0 Å². The van der Waals surface area contributed by atoms with Gasteiger partial charge in [0.1, 0.15) is 0 Å². The Hall–Kier alpha value is -0.460. The van der Waals surface area contributed by atoms with Crippen LogP contribution >= 0.6 is 0 Å². The van der Waals surface area contributed by atoms with Gasteiger partial charge in [0.15, 0.2) is 11.1 Å². The van der Waals surface area contributed by atoms with Crippen molar-refractivity contribution < 1.29 is 23.8 Å². The average Bonchev–Trinajstić information content (AvgIpc) is 2.61. The molecule has 3 N–H and O–H groups in total. The third-order valence-corrected chi connectivity index (χ3v) is 2.59. The van der Waals surface area contributed by atoms with Crippen molar-refractivity contribution in [2.75, 3.05) is 5.75 Å². The van der Waals surface area contributed by atoms with Gasteiger partial charge in [-0.25, -0.2) is 4.21 Å². The number of hydrogen-bond donors (Lipinski definition) is 3. The minimum atomic E-state index is -2.05. The van der Waals surface area contributed by atoms with E-state index < -0.39 is 29.1 Å². The lowest BCUT2D eigenvalue weighted by atomic mass is 10.2. The Morgan fingerprint density at radius 1 is 1.67 bits per heavy atom. The molecule has 0 amide bonds. The third kappa shape index (κ3) is 2.26. The minimum absolute atomic E-state index is 0.256. The van der Waals surface area contributed by atoms with E-state index in [2.05, 4.69) is 0 Å². The molecule has 70 valence electrons. The zero-order valence-electron chi connectivity index (χ0n) is 6.21. The Balaban J connectivity index is 2.33. The van der Waals surface area contributed by atoms with Gasteiger partial charge in [0.2, 0.25) is 0 Å². The van der Waals surface area contributed by atoms with Crippen LogP contribution in [0.2, 0.25) is 0 Å². The first-order valence-electron chi connectivity index (χ1n) is 3.50. The van der Waals surface area contributed by atoms with Crippen molar-refractivity contribution in [3.63, 3.8) is 0 Å². The van der Waals surface area contributed by atoms with E-state index >= 15 is 0 Å². The van der Waals surface area contributed by atoms with Crippen molar-refractivity contribution in [3.05, 3.63) is 0 Å². The smallest absolute Gasteiger partial charge is 0.306 e. The first kappa shape index (κ1) is 9.63. The number of carboxylic acid groups (broad SMARTS) is 1. The van der Waals surface area contributed by atoms with E-state index in [1.807, 2.05) is 0 Å². The summed E-state index contributed by atoms with van der Waals surface area (Å²) in [5.41, 5.74) is 0. The molecule has 0 saturated heterocycles. The molecule has 0 bridgehead atoms. The quantitative estimate of drug-likeness (QED) is 0.514. The lowest BCUT2D eigenvalue weighted by Crippen LogP contribution is -2.20. The van der Waals surface area contributed by atoms with Gasteiger partial charge < -0.3 is 14.8 Å². The van der Waals surface area contributed by atoms with Crippen molar-refractivity contribution in [2.24, 2.45) is 11.8 Å². The van der Waals surface area contributed by atoms with Crippen LogP contribution in [0.4, 0.5) is 0 Å². The summed E-state index contributed by atoms with van der Waals surface area (Å²) in [6.45, 7) is 0. The lowest BCUT2D eigenvalue weighted by Gasteiger charge is -2.04. The molecule has 0 radical (unpaired) electrons. The maximum Gasteiger partial charge on any atom is 0.306 e. The lowest BCUT2D eigenvalue weighted by molar-refractivity contribution is -0.139. The fraction of sp³-hybridized carbons (Fsp3) is 0.833. The predicted octanol–water partition coefficient (Wildman–Crippen LogP) is -0.710. The van der Waals surface area contributed by atoms with Gasteiger partial charge in [0, 0.05) is 0 Å². The highest BCUT2D eigenvalue weighted by Gasteiger charge is 2.47. The largest absolute Gasteiger partial charge is 0.481 e. The Morgan fingerprint density at radius 2 is 2.25 bits per heavy atom. The topological polar surface area (TPSA) is 94.8 Å². The van der Waals surface area contributed by atoms with Crippen LogP contribution in [0.1, 0.15) is 6.42 Å². The predicted molar refractivity (Wildman–Crippen MR) is 40.9 cm³/mol. The Morgan fingerprint density at radius 3 is 2.58 bits per heavy atom. The molecule has 1 aliphatic carbocycles. The van der Waals surface area contributed by atoms with Crippen molar-refractivity contribution in [3.8, 4) is 0 Å². The molecule has 0 aliphatic heterocycles. The first-order chi connectivity index (χ1) is 5.52. The minimum Gasteiger partial charge on any atom is -0.481 e. The van der Waals surface area contributed by atoms with Crippen molar-refractivity contribution in [2.45, 2.75) is 12.5 Å². The highest BCUT2D eigenvalue weighted by atomic mass is 32.2. The fourth-order valence-corrected chi connectivity index (χ4v) is 1.73. The molecule has 1 saturated carbocycles. The molecule has 6 heteroatoms. The molecule has 4 unspecified atom stereocenters. The number of aliphatic hydroxyl groups excluding tert-OH is 1. The van der Waals surface area contributed by atoms with Gasteiger partial charge in [-0.05, 0) is 12.3 Å². The van der Waals surface area contributed by atoms with E-state index in [9.17, 15) is 9.00 Å². The van der Waals surface area contributed by atoms with Crippen molar-refractivity contribution in [1.29, 1.82) is 0 Å². The molecule has 5 nitrogen and oxygen atoms in total. The molecule has 0 aromatic heterocycles. The zero-order chi connectivity index (χ0) is 9.30. The van der Waals surface area contributed by atoms with Crippen LogP contribution in [0.15, 0.2) is 0 Å². The second kappa shape index (κ2) is 3.51. The molecule has 0 aromatic rings. The molecule has 1 aliphatic rings. The van der Waals surface area contributed by atoms with E-state index in [1.54, 1.807) is 0 Å². The van der Waals surface area contributed by atoms with Gasteiger partial charge in [-0.15, -0.1) is 0 Å². The Labute approximate surface area is 71.7 Å². The number of carbonyl (C=O) groups is 1. The van der Waals surface area contributed by atoms with Gasteiger partial charge in [0.25, 0.3) is 0 Å². The van der Waals surface area contributed by atoms with E-state index in [4.69, 9.17) is 14.8 Å². The molecule has 0 spiro atoms. The number of rotatable bonds is 4. The highest BCUT2D eigenvalue weighted by Crippen LogP contribution is 2.41. The molecule has 1 rings (SSSR count). The van der Waals surface area contributed by atoms with Crippen LogP contribution in [0.5, 0.6) is 0 Å². The van der Waals surface area contributed by atoms with Gasteiger partial charge in [0.05, 0.1) is 17.8 Å². The molecular weight excluding hydrogens is 184 g/mol. The number of aliphatic hydroxyl groups is 1. The van der Waals surface area contributed by atoms with E-state index in [0.29, 0.717) is 6.42 Å². The van der Waals surface area contributed by atoms with Crippen LogP contribution in [0, 0.1) is 11.8 Å². The van der Waals surface area contributed by atoms with Crippen LogP contribution in [-0.2, 0) is 15.9 Å². The van der Waals surface area contributed by atoms with E-state index in [-0.39, 0.29) is 11.7 Å². The molecule has 1 fully saturated rings. The van der Waals surface area contributed by atoms with Gasteiger partial charge in [-0.2, -0.15) is 0 Å². The van der Waals surface area contributed by atoms with Crippen molar-refractivity contribution in [1.82, 2.24) is 0 Å². The Kier molecular flexibility index (Phi) is 2.81. The number of hydrogen-bond acceptors (Lipinski definition) is 3. The molecular formula is C6H10O5S. The molecule has 12 heavy (non-hydrogen) atoms. The number of carboxylic acids is 1. The summed E-state index contributed by atoms with van der Waals surface area (Å²) in [4.78, 5) is 10.3. The fourth-order valence-electron chi connectivity index (χ4n) is 1.19. The summed E-state index contributed by atoms with van der Waals surface area (Å²) in [6, 6.07) is 0. The summed E-state index contributed by atoms with van der Waals surface area (Å²) >= 11 is -2.05. The standard InChI is InChI=1S/C6H10O5S/c7-5(2-12(10)11)3-1-4(3)6(8)9/h3-5,7H,1-2H2,(H,8,9)(H,10,11). The third-order valence-electron chi connectivity index (χ3n) is 1.96. The van der Waals surface area contributed by atoms with Crippen LogP contribution in [-0.4, -0.2) is 36.8 Å². The Bertz CT molecular complexity index is 216. The summed E-state index contributed by atoms with van der Waals surface area (Å²) in [6.07, 6.45) is -0.551. The molecule has 0 heterocycles. The highest BCUT2D eigenvalue weighted by molar-refractivity contribution is 7.79. The zero-order valence-corrected chi connectivity index (χ0v) is 7.03. The summed E-state index contributed by atoms with van der Waals surface area (Å²) < 4.78 is 18.6. The van der Waals surface area contributed by atoms with Gasteiger partial charge in [-0.1, -0.05) is 0 Å². The molecule has 4 atom stereocenters. The average molecular weight is 194 g/mol. The summed E-state index contributed by atoms with van der Waals surface area (Å²) in [5, 5.41) is 17.6. The van der Waals surface area contributed by atoms with Crippen LogP contribution in [0.3, 0.4) is 0 Å². The monoisotopic (exact) mass is 194 g/mol. The second-order valence-corrected chi connectivity index (χ2v) is 3.88. The van der Waals surface area contributed by atoms with E-state index in [1.165, 1.54) is 0 Å². The van der Waals surface area contributed by atoms with Gasteiger partial charge in [-0.3, -0.25) is 4.79 Å². The summed E-state index contributed by atoms with van der Waals surface area (Å²) in [7, 11) is 0. The van der Waals surface area contributed by atoms with Gasteiger partial charge >= 0.3 is 5.97 Å². The first-order valence-corrected chi connectivity index (χ1v) is 4.78. The molecule has 0 aromatic carbocycles. The maximum absolute atomic E-state index is 10.3. The van der Waals surface area contributed by atoms with Crippen LogP contribution < -0.4 is 0 Å². The summed E-state index contributed by atoms with van der Waals surface area (Å²) in [5.74, 6) is -2.06. The van der Waals surface area contributed by atoms with E-state index in [0.717, 1.165) is 0 Å². The van der Waals surface area contributed by atoms with Crippen molar-refractivity contribution >= 4 is 17.0 Å². The number of aliphatic carboxylic acids is 1. The maximum atomic E-state index is 10.3. The normalized spacial score (nSPS) is 32.5. The second-order valence-electron chi connectivity index (χ2n) is 2.90. The SMILES string of the molecule is O=C(O)C1CC1C(O)CS(=O)O.